The number of aliphatic imine (C=N–C) groups is 1. The molecule has 1 aromatic heterocycles. The molecule has 0 saturated carbocycles. The molecular weight excluding hydrogens is 459 g/mol. The van der Waals surface area contributed by atoms with E-state index >= 15 is 0 Å². The highest BCUT2D eigenvalue weighted by atomic mass is 35.5. The van der Waals surface area contributed by atoms with Crippen LogP contribution in [-0.2, 0) is 6.54 Å². The lowest BCUT2D eigenvalue weighted by Gasteiger charge is -2.36. The number of benzene rings is 1. The number of rotatable bonds is 7. The first-order valence-corrected chi connectivity index (χ1v) is 11.4. The molecule has 1 aliphatic rings. The molecule has 2 atom stereocenters. The van der Waals surface area contributed by atoms with Gasteiger partial charge in [0.1, 0.15) is 12.2 Å². The van der Waals surface area contributed by atoms with Gasteiger partial charge >= 0.3 is 0 Å². The molecule has 158 valence electrons. The minimum atomic E-state index is -1.04. The molecule has 30 heavy (non-hydrogen) atoms. The molecule has 0 amide bonds. The average molecular weight is 482 g/mol. The van der Waals surface area contributed by atoms with Gasteiger partial charge in [-0.15, -0.1) is 0 Å². The van der Waals surface area contributed by atoms with Crippen LogP contribution in [0.3, 0.4) is 0 Å². The maximum atomic E-state index is 11.3. The number of nitrogens with one attached hydrogen (secondary N) is 1. The van der Waals surface area contributed by atoms with E-state index in [1.54, 1.807) is 25.6 Å². The predicted octanol–water partition coefficient (Wildman–Crippen LogP) is 5.23. The Morgan fingerprint density at radius 2 is 1.93 bits per heavy atom. The lowest BCUT2D eigenvalue weighted by molar-refractivity contribution is -0.840. The highest BCUT2D eigenvalue weighted by Gasteiger charge is 2.48. The van der Waals surface area contributed by atoms with E-state index in [2.05, 4.69) is 24.1 Å². The third-order valence-electron chi connectivity index (χ3n) is 4.66. The van der Waals surface area contributed by atoms with E-state index < -0.39 is 6.23 Å². The highest BCUT2D eigenvalue weighted by molar-refractivity contribution is 8.03. The summed E-state index contributed by atoms with van der Waals surface area (Å²) < 4.78 is 0.0129. The van der Waals surface area contributed by atoms with Crippen molar-refractivity contribution >= 4 is 58.5 Å². The number of hydrogen-bond acceptors (Lipinski definition) is 5. The van der Waals surface area contributed by atoms with Gasteiger partial charge in [-0.2, -0.15) is 0 Å². The number of aromatic nitrogens is 1. The number of pyridine rings is 1. The smallest absolute Gasteiger partial charge is 0.254 e. The molecule has 1 aromatic carbocycles. The van der Waals surface area contributed by atoms with Gasteiger partial charge in [0.2, 0.25) is 5.03 Å². The Labute approximate surface area is 196 Å². The van der Waals surface area contributed by atoms with E-state index in [-0.39, 0.29) is 10.4 Å². The normalized spacial score (nSPS) is 19.4. The van der Waals surface area contributed by atoms with Crippen molar-refractivity contribution in [3.05, 3.63) is 69.1 Å². The molecule has 0 fully saturated rings. The van der Waals surface area contributed by atoms with Crippen molar-refractivity contribution in [1.29, 1.82) is 0 Å². The fraction of sp³-hybridized carbons (Fsp3) is 0.286. The molecule has 5 nitrogen and oxygen atoms in total. The topological polar surface area (TPSA) is 57.5 Å². The first-order valence-electron chi connectivity index (χ1n) is 9.37. The second-order valence-corrected chi connectivity index (χ2v) is 9.57. The summed E-state index contributed by atoms with van der Waals surface area (Å²) in [6, 6.07) is 11.1. The second-order valence-electron chi connectivity index (χ2n) is 7.19. The number of aliphatic hydroxyl groups is 1. The molecule has 3 rings (SSSR count). The van der Waals surface area contributed by atoms with Crippen LogP contribution < -0.4 is 5.32 Å². The monoisotopic (exact) mass is 481 g/mol. The van der Waals surface area contributed by atoms with Crippen LogP contribution in [0.2, 0.25) is 10.0 Å². The summed E-state index contributed by atoms with van der Waals surface area (Å²) in [6.45, 7) is 4.53. The van der Waals surface area contributed by atoms with Gasteiger partial charge in [-0.1, -0.05) is 55.3 Å². The van der Waals surface area contributed by atoms with E-state index in [0.717, 1.165) is 21.3 Å². The Kier molecular flexibility index (Phi) is 7.55. The van der Waals surface area contributed by atoms with E-state index in [0.29, 0.717) is 21.6 Å². The van der Waals surface area contributed by atoms with Crippen LogP contribution in [0.1, 0.15) is 19.5 Å². The van der Waals surface area contributed by atoms with Gasteiger partial charge in [-0.05, 0) is 42.1 Å². The Bertz CT molecular complexity index is 978. The minimum absolute atomic E-state index is 0.0129. The van der Waals surface area contributed by atoms with Crippen molar-refractivity contribution in [2.45, 2.75) is 31.5 Å². The van der Waals surface area contributed by atoms with Gasteiger partial charge in [-0.3, -0.25) is 4.98 Å². The van der Waals surface area contributed by atoms with Crippen molar-refractivity contribution in [3.63, 3.8) is 0 Å². The third kappa shape index (κ3) is 4.88. The maximum Gasteiger partial charge on any atom is 0.254 e. The molecule has 9 heteroatoms. The van der Waals surface area contributed by atoms with Gasteiger partial charge in [-0.25, -0.2) is 9.48 Å². The second kappa shape index (κ2) is 9.77. The Balaban J connectivity index is 2.14. The Hall–Kier alpha value is -1.48. The summed E-state index contributed by atoms with van der Waals surface area (Å²) in [4.78, 5) is 10.4. The quantitative estimate of drug-likeness (QED) is 0.418. The van der Waals surface area contributed by atoms with Crippen LogP contribution in [0.4, 0.5) is 0 Å². The van der Waals surface area contributed by atoms with E-state index in [9.17, 15) is 5.11 Å². The Morgan fingerprint density at radius 1 is 1.23 bits per heavy atom. The highest BCUT2D eigenvalue weighted by Crippen LogP contribution is 2.45. The van der Waals surface area contributed by atoms with Crippen LogP contribution in [0.25, 0.3) is 0 Å². The average Bonchev–Trinajstić information content (AvgIpc) is 3.06. The molecule has 2 heterocycles. The number of halogens is 2. The van der Waals surface area contributed by atoms with Gasteiger partial charge in [0.15, 0.2) is 11.3 Å². The van der Waals surface area contributed by atoms with Crippen LogP contribution in [0.15, 0.2) is 63.2 Å². The van der Waals surface area contributed by atoms with Crippen molar-refractivity contribution in [1.82, 2.24) is 10.3 Å². The van der Waals surface area contributed by atoms with Crippen molar-refractivity contribution in [2.75, 3.05) is 7.05 Å². The minimum Gasteiger partial charge on any atom is -0.376 e. The fourth-order valence-corrected chi connectivity index (χ4v) is 5.40. The number of quaternary nitrogens is 1. The van der Waals surface area contributed by atoms with E-state index in [1.807, 2.05) is 30.3 Å². The zero-order chi connectivity index (χ0) is 21.9. The predicted molar refractivity (Wildman–Crippen MR) is 129 cm³/mol. The van der Waals surface area contributed by atoms with Gasteiger partial charge in [0, 0.05) is 34.1 Å². The number of thiocarbonyl (C=S) groups is 1. The molecule has 0 aliphatic carbocycles. The first-order chi connectivity index (χ1) is 14.3. The molecular formula is C21H23Cl2N4OS2+. The molecule has 2 unspecified atom stereocenters. The lowest BCUT2D eigenvalue weighted by Crippen LogP contribution is -2.56. The molecule has 0 bridgehead atoms. The zero-order valence-corrected chi connectivity index (χ0v) is 20.0. The number of thioether (sulfide) groups is 1. The van der Waals surface area contributed by atoms with E-state index in [4.69, 9.17) is 40.4 Å². The fourth-order valence-electron chi connectivity index (χ4n) is 3.19. The number of hydrogen-bond donors (Lipinski definition) is 2. The number of aliphatic hydroxyl groups excluding tert-OH is 1. The zero-order valence-electron chi connectivity index (χ0n) is 16.8. The molecule has 0 radical (unpaired) electrons. The number of nitrogens with zero attached hydrogens (tertiary/aromatic N) is 3. The largest absolute Gasteiger partial charge is 0.376 e. The Morgan fingerprint density at radius 3 is 2.50 bits per heavy atom. The summed E-state index contributed by atoms with van der Waals surface area (Å²) in [5.74, 6) is 0.137. The summed E-state index contributed by atoms with van der Waals surface area (Å²) in [6.07, 6.45) is 2.45. The number of allylic oxidation sites excluding steroid dienone is 1. The van der Waals surface area contributed by atoms with Gasteiger partial charge in [0.25, 0.3) is 6.23 Å². The standard InChI is InChI=1S/C21H22Cl2N4OS2/c1-13(2)18-21(30-17-9-14(22)8-15(23)10-17)27(12-26-18,20(28)19(29)24-3)11-16-6-4-5-7-25-16/h4-10,12-13,20,28H,11H2,1-3H3/p+1. The molecule has 0 saturated heterocycles. The molecule has 2 aromatic rings. The van der Waals surface area contributed by atoms with Gasteiger partial charge < -0.3 is 10.4 Å². The van der Waals surface area contributed by atoms with Crippen molar-refractivity contribution in [3.8, 4) is 0 Å². The van der Waals surface area contributed by atoms with Crippen LogP contribution in [0.5, 0.6) is 0 Å². The van der Waals surface area contributed by atoms with Crippen molar-refractivity contribution in [2.24, 2.45) is 10.9 Å². The molecule has 2 N–H and O–H groups in total. The lowest BCUT2D eigenvalue weighted by atomic mass is 10.1. The summed E-state index contributed by atoms with van der Waals surface area (Å²) in [7, 11) is 1.70. The van der Waals surface area contributed by atoms with Gasteiger partial charge in [0.05, 0.1) is 5.69 Å². The maximum absolute atomic E-state index is 11.3. The number of likely N-dealkylation sites (N-methyl/N-ethyl adjacent to an activating group) is 1. The summed E-state index contributed by atoms with van der Waals surface area (Å²) >= 11 is 19.4. The summed E-state index contributed by atoms with van der Waals surface area (Å²) in [5.41, 5.74) is 1.69. The molecule has 1 aliphatic heterocycles. The van der Waals surface area contributed by atoms with Crippen LogP contribution in [0, 0.1) is 5.92 Å². The first kappa shape index (κ1) is 23.2. The van der Waals surface area contributed by atoms with E-state index in [1.165, 1.54) is 11.8 Å². The van der Waals surface area contributed by atoms with Crippen LogP contribution >= 0.6 is 47.2 Å². The molecule has 0 spiro atoms. The van der Waals surface area contributed by atoms with Crippen LogP contribution in [-0.4, -0.2) is 39.2 Å². The summed E-state index contributed by atoms with van der Waals surface area (Å²) in [5, 5.41) is 16.2. The van der Waals surface area contributed by atoms with Crippen molar-refractivity contribution < 1.29 is 9.59 Å². The SMILES string of the molecule is CNC(=S)C(O)[N+]1(Cc2ccccn2)C=NC(C(C)C)=C1Sc1cc(Cl)cc(Cl)c1. The third-order valence-corrected chi connectivity index (χ3v) is 6.73.